The van der Waals surface area contributed by atoms with Crippen LogP contribution in [-0.2, 0) is 0 Å². The number of hydrogen-bond acceptors (Lipinski definition) is 2. The molecular weight excluding hydrogens is 230 g/mol. The molecular formula is C14H17NO3. The number of nitrogens with zero attached hydrogens (tertiary/aromatic N) is 1. The quantitative estimate of drug-likeness (QED) is 0.874. The zero-order valence-electron chi connectivity index (χ0n) is 10.8. The number of aromatic carboxylic acids is 1. The van der Waals surface area contributed by atoms with Crippen LogP contribution in [0.25, 0.3) is 10.9 Å². The smallest absolute Gasteiger partial charge is 0.338 e. The van der Waals surface area contributed by atoms with Crippen molar-refractivity contribution < 1.29 is 15.0 Å². The Kier molecular flexibility index (Phi) is 3.03. The molecule has 18 heavy (non-hydrogen) atoms. The third-order valence-corrected chi connectivity index (χ3v) is 3.48. The molecule has 1 heterocycles. The van der Waals surface area contributed by atoms with Gasteiger partial charge in [-0.3, -0.25) is 0 Å². The summed E-state index contributed by atoms with van der Waals surface area (Å²) in [4.78, 5) is 11.4. The van der Waals surface area contributed by atoms with E-state index in [1.165, 1.54) is 6.07 Å². The van der Waals surface area contributed by atoms with Gasteiger partial charge in [0.15, 0.2) is 0 Å². The van der Waals surface area contributed by atoms with Crippen LogP contribution in [0.4, 0.5) is 0 Å². The highest BCUT2D eigenvalue weighted by Gasteiger charge is 2.21. The number of rotatable bonds is 3. The van der Waals surface area contributed by atoms with Gasteiger partial charge in [-0.05, 0) is 38.5 Å². The molecule has 1 aromatic carbocycles. The number of carboxylic acid groups (broad SMARTS) is 1. The minimum Gasteiger partial charge on any atom is -0.508 e. The molecule has 0 unspecified atom stereocenters. The van der Waals surface area contributed by atoms with E-state index < -0.39 is 5.97 Å². The van der Waals surface area contributed by atoms with E-state index in [0.717, 1.165) is 17.6 Å². The van der Waals surface area contributed by atoms with Gasteiger partial charge in [0, 0.05) is 22.6 Å². The predicted octanol–water partition coefficient (Wildman–Crippen LogP) is 3.32. The second-order valence-electron chi connectivity index (χ2n) is 4.59. The lowest BCUT2D eigenvalue weighted by Gasteiger charge is -2.15. The Morgan fingerprint density at radius 2 is 2.11 bits per heavy atom. The SMILES string of the molecule is CC[C@H](C)n1c(C)c(C(=O)O)c2cc(O)ccc21. The van der Waals surface area contributed by atoms with Crippen LogP contribution in [0.2, 0.25) is 0 Å². The summed E-state index contributed by atoms with van der Waals surface area (Å²) in [6.45, 7) is 5.94. The largest absolute Gasteiger partial charge is 0.508 e. The van der Waals surface area contributed by atoms with Crippen LogP contribution in [0.15, 0.2) is 18.2 Å². The van der Waals surface area contributed by atoms with Gasteiger partial charge in [0.05, 0.1) is 5.56 Å². The Morgan fingerprint density at radius 3 is 2.67 bits per heavy atom. The molecule has 2 rings (SSSR count). The van der Waals surface area contributed by atoms with Crippen LogP contribution in [0.3, 0.4) is 0 Å². The monoisotopic (exact) mass is 247 g/mol. The van der Waals surface area contributed by atoms with E-state index in [-0.39, 0.29) is 17.4 Å². The summed E-state index contributed by atoms with van der Waals surface area (Å²) < 4.78 is 2.03. The summed E-state index contributed by atoms with van der Waals surface area (Å²) in [6, 6.07) is 5.11. The van der Waals surface area contributed by atoms with Gasteiger partial charge in [0.2, 0.25) is 0 Å². The Hall–Kier alpha value is -1.97. The average molecular weight is 247 g/mol. The van der Waals surface area contributed by atoms with Crippen molar-refractivity contribution in [3.8, 4) is 5.75 Å². The fourth-order valence-electron chi connectivity index (χ4n) is 2.45. The second kappa shape index (κ2) is 4.37. The number of phenols is 1. The number of phenolic OH excluding ortho intramolecular Hbond substituents is 1. The molecule has 0 spiro atoms. The van der Waals surface area contributed by atoms with Crippen molar-refractivity contribution in [1.82, 2.24) is 4.57 Å². The van der Waals surface area contributed by atoms with Crippen molar-refractivity contribution in [2.45, 2.75) is 33.2 Å². The number of hydrogen-bond donors (Lipinski definition) is 2. The summed E-state index contributed by atoms with van der Waals surface area (Å²) in [5.74, 6) is -0.864. The Balaban J connectivity index is 2.87. The van der Waals surface area contributed by atoms with Crippen molar-refractivity contribution in [1.29, 1.82) is 0 Å². The van der Waals surface area contributed by atoms with Gasteiger partial charge in [0.25, 0.3) is 0 Å². The maximum absolute atomic E-state index is 11.4. The molecule has 0 bridgehead atoms. The van der Waals surface area contributed by atoms with Gasteiger partial charge in [0.1, 0.15) is 5.75 Å². The zero-order chi connectivity index (χ0) is 13.4. The van der Waals surface area contributed by atoms with Gasteiger partial charge in [-0.25, -0.2) is 4.79 Å². The first-order chi connectivity index (χ1) is 8.47. The molecule has 0 saturated heterocycles. The molecule has 1 aromatic heterocycles. The summed E-state index contributed by atoms with van der Waals surface area (Å²) in [5.41, 5.74) is 1.87. The highest BCUT2D eigenvalue weighted by Crippen LogP contribution is 2.32. The fourth-order valence-corrected chi connectivity index (χ4v) is 2.45. The minimum atomic E-state index is -0.954. The Bertz CT molecular complexity index is 613. The van der Waals surface area contributed by atoms with Crippen LogP contribution >= 0.6 is 0 Å². The van der Waals surface area contributed by atoms with Crippen molar-refractivity contribution >= 4 is 16.9 Å². The lowest BCUT2D eigenvalue weighted by atomic mass is 10.1. The Labute approximate surface area is 105 Å². The molecule has 0 aliphatic carbocycles. The summed E-state index contributed by atoms with van der Waals surface area (Å²) >= 11 is 0. The van der Waals surface area contributed by atoms with Crippen LogP contribution in [-0.4, -0.2) is 20.7 Å². The minimum absolute atomic E-state index is 0.0892. The maximum atomic E-state index is 11.4. The maximum Gasteiger partial charge on any atom is 0.338 e. The highest BCUT2D eigenvalue weighted by molar-refractivity contribution is 6.05. The number of benzene rings is 1. The number of aromatic hydroxyl groups is 1. The van der Waals surface area contributed by atoms with E-state index >= 15 is 0 Å². The average Bonchev–Trinajstić information content (AvgIpc) is 2.59. The lowest BCUT2D eigenvalue weighted by molar-refractivity contribution is 0.0698. The normalized spacial score (nSPS) is 12.8. The third-order valence-electron chi connectivity index (χ3n) is 3.48. The Morgan fingerprint density at radius 1 is 1.44 bits per heavy atom. The standard InChI is InChI=1S/C14H17NO3/c1-4-8(2)15-9(3)13(14(17)18)11-7-10(16)5-6-12(11)15/h5-8,16H,4H2,1-3H3,(H,17,18)/t8-/m0/s1. The van der Waals surface area contributed by atoms with Gasteiger partial charge in [-0.15, -0.1) is 0 Å². The van der Waals surface area contributed by atoms with Crippen LogP contribution in [0.5, 0.6) is 5.75 Å². The molecule has 4 nitrogen and oxygen atoms in total. The van der Waals surface area contributed by atoms with Crippen molar-refractivity contribution in [2.24, 2.45) is 0 Å². The molecule has 2 N–H and O–H groups in total. The van der Waals surface area contributed by atoms with E-state index in [1.807, 2.05) is 11.5 Å². The number of fused-ring (bicyclic) bond motifs is 1. The summed E-state index contributed by atoms with van der Waals surface area (Å²) in [5, 5.41) is 19.5. The molecule has 4 heteroatoms. The van der Waals surface area contributed by atoms with Gasteiger partial charge in [-0.1, -0.05) is 6.92 Å². The van der Waals surface area contributed by atoms with Gasteiger partial charge in [-0.2, -0.15) is 0 Å². The number of carbonyl (C=O) groups is 1. The van der Waals surface area contributed by atoms with E-state index in [4.69, 9.17) is 0 Å². The van der Waals surface area contributed by atoms with Gasteiger partial charge >= 0.3 is 5.97 Å². The molecule has 0 aliphatic heterocycles. The molecule has 1 atom stereocenters. The summed E-state index contributed by atoms with van der Waals surface area (Å²) in [6.07, 6.45) is 0.921. The molecule has 96 valence electrons. The first-order valence-corrected chi connectivity index (χ1v) is 6.04. The van der Waals surface area contributed by atoms with E-state index in [0.29, 0.717) is 5.39 Å². The molecule has 0 radical (unpaired) electrons. The van der Waals surface area contributed by atoms with Crippen LogP contribution < -0.4 is 0 Å². The fraction of sp³-hybridized carbons (Fsp3) is 0.357. The lowest BCUT2D eigenvalue weighted by Crippen LogP contribution is -2.07. The van der Waals surface area contributed by atoms with Crippen molar-refractivity contribution in [3.05, 3.63) is 29.5 Å². The number of carboxylic acids is 1. The van der Waals surface area contributed by atoms with E-state index in [1.54, 1.807) is 12.1 Å². The molecule has 0 aliphatic rings. The van der Waals surface area contributed by atoms with Crippen LogP contribution in [0.1, 0.15) is 42.4 Å². The molecule has 0 amide bonds. The van der Waals surface area contributed by atoms with E-state index in [2.05, 4.69) is 13.8 Å². The van der Waals surface area contributed by atoms with Gasteiger partial charge < -0.3 is 14.8 Å². The van der Waals surface area contributed by atoms with Crippen molar-refractivity contribution in [3.63, 3.8) is 0 Å². The number of aromatic nitrogens is 1. The second-order valence-corrected chi connectivity index (χ2v) is 4.59. The zero-order valence-corrected chi connectivity index (χ0v) is 10.8. The first-order valence-electron chi connectivity index (χ1n) is 6.04. The topological polar surface area (TPSA) is 62.5 Å². The first kappa shape index (κ1) is 12.5. The van der Waals surface area contributed by atoms with Crippen LogP contribution in [0, 0.1) is 6.92 Å². The molecule has 2 aromatic rings. The predicted molar refractivity (Wildman–Crippen MR) is 70.3 cm³/mol. The third kappa shape index (κ3) is 1.74. The molecule has 0 fully saturated rings. The molecule has 0 saturated carbocycles. The van der Waals surface area contributed by atoms with Crippen molar-refractivity contribution in [2.75, 3.05) is 0 Å². The highest BCUT2D eigenvalue weighted by atomic mass is 16.4. The van der Waals surface area contributed by atoms with E-state index in [9.17, 15) is 15.0 Å². The summed E-state index contributed by atoms with van der Waals surface area (Å²) in [7, 11) is 0.